The Hall–Kier alpha value is -1.31. The standard InChI is InChI=1S/C10H10O2/c1-2-10(12-8-11)9-6-4-3-5-7-9/h3-7,10H,1-2H2. The molecule has 1 aromatic carbocycles. The van der Waals surface area contributed by atoms with E-state index < -0.39 is 0 Å². The van der Waals surface area contributed by atoms with Gasteiger partial charge in [-0.3, -0.25) is 0 Å². The van der Waals surface area contributed by atoms with Crippen LogP contribution in [-0.4, -0.2) is 6.47 Å². The van der Waals surface area contributed by atoms with Crippen molar-refractivity contribution in [1.82, 2.24) is 0 Å². The summed E-state index contributed by atoms with van der Waals surface area (Å²) >= 11 is 0. The van der Waals surface area contributed by atoms with Crippen LogP contribution in [0.2, 0.25) is 0 Å². The van der Waals surface area contributed by atoms with Crippen molar-refractivity contribution in [3.63, 3.8) is 0 Å². The van der Waals surface area contributed by atoms with Crippen molar-refractivity contribution >= 4 is 6.47 Å². The van der Waals surface area contributed by atoms with Crippen molar-refractivity contribution in [2.75, 3.05) is 0 Å². The molecule has 0 aliphatic rings. The van der Waals surface area contributed by atoms with E-state index in [1.165, 1.54) is 6.47 Å². The third-order valence-corrected chi connectivity index (χ3v) is 1.62. The maximum absolute atomic E-state index is 9.97. The van der Waals surface area contributed by atoms with Gasteiger partial charge in [0.15, 0.2) is 0 Å². The van der Waals surface area contributed by atoms with Crippen LogP contribution < -0.4 is 0 Å². The van der Waals surface area contributed by atoms with Gasteiger partial charge in [0.25, 0.3) is 0 Å². The summed E-state index contributed by atoms with van der Waals surface area (Å²) in [4.78, 5) is 9.97. The molecule has 0 aromatic heterocycles. The van der Waals surface area contributed by atoms with Gasteiger partial charge in [0.05, 0.1) is 0 Å². The maximum Gasteiger partial charge on any atom is 0.418 e. The summed E-state index contributed by atoms with van der Waals surface area (Å²) < 4.78 is 4.71. The minimum absolute atomic E-state index is 0.260. The van der Waals surface area contributed by atoms with E-state index in [0.29, 0.717) is 6.42 Å². The van der Waals surface area contributed by atoms with E-state index in [1.807, 2.05) is 30.3 Å². The Bertz CT molecular complexity index is 231. The largest absolute Gasteiger partial charge is 0.449 e. The summed E-state index contributed by atoms with van der Waals surface area (Å²) in [5.74, 6) is 0. The fourth-order valence-electron chi connectivity index (χ4n) is 1.02. The van der Waals surface area contributed by atoms with Crippen LogP contribution in [0.5, 0.6) is 0 Å². The second kappa shape index (κ2) is 4.54. The average molecular weight is 162 g/mol. The molecule has 12 heavy (non-hydrogen) atoms. The fraction of sp³-hybridized carbons (Fsp3) is 0.200. The molecule has 1 unspecified atom stereocenters. The molecule has 0 heterocycles. The molecule has 0 aliphatic heterocycles. The van der Waals surface area contributed by atoms with Crippen LogP contribution in [0.1, 0.15) is 18.1 Å². The number of rotatable bonds is 4. The lowest BCUT2D eigenvalue weighted by molar-refractivity contribution is 0.181. The first kappa shape index (κ1) is 8.78. The van der Waals surface area contributed by atoms with Crippen molar-refractivity contribution in [1.29, 1.82) is 0 Å². The Morgan fingerprint density at radius 2 is 2.08 bits per heavy atom. The molecule has 1 aromatic rings. The van der Waals surface area contributed by atoms with Crippen LogP contribution in [0.15, 0.2) is 30.3 Å². The Morgan fingerprint density at radius 1 is 1.42 bits per heavy atom. The summed E-state index contributed by atoms with van der Waals surface area (Å²) in [6, 6.07) is 9.49. The third kappa shape index (κ3) is 2.09. The first-order valence-electron chi connectivity index (χ1n) is 3.75. The number of benzene rings is 1. The van der Waals surface area contributed by atoms with Gasteiger partial charge in [-0.05, 0) is 18.9 Å². The zero-order valence-electron chi connectivity index (χ0n) is 6.69. The van der Waals surface area contributed by atoms with Gasteiger partial charge in [0.1, 0.15) is 6.10 Å². The highest BCUT2D eigenvalue weighted by Crippen LogP contribution is 2.18. The Morgan fingerprint density at radius 3 is 2.58 bits per heavy atom. The van der Waals surface area contributed by atoms with Crippen LogP contribution >= 0.6 is 0 Å². The highest BCUT2D eigenvalue weighted by atomic mass is 16.5. The molecule has 62 valence electrons. The van der Waals surface area contributed by atoms with Crippen molar-refractivity contribution in [2.24, 2.45) is 0 Å². The summed E-state index contributed by atoms with van der Waals surface area (Å²) in [5.41, 5.74) is 0.954. The SMILES string of the molecule is [CH2]CC(O[C]=O)c1ccccc1. The molecular formula is C10H10O2. The summed E-state index contributed by atoms with van der Waals surface area (Å²) in [6.45, 7) is 5.10. The number of hydrogen-bond acceptors (Lipinski definition) is 2. The summed E-state index contributed by atoms with van der Waals surface area (Å²) in [6.07, 6.45) is 0.267. The molecule has 0 amide bonds. The van der Waals surface area contributed by atoms with Crippen LogP contribution in [0.25, 0.3) is 0 Å². The van der Waals surface area contributed by atoms with Gasteiger partial charge >= 0.3 is 6.47 Å². The van der Waals surface area contributed by atoms with Crippen molar-refractivity contribution in [3.8, 4) is 0 Å². The van der Waals surface area contributed by atoms with E-state index in [1.54, 1.807) is 0 Å². The van der Waals surface area contributed by atoms with Crippen LogP contribution in [-0.2, 0) is 9.53 Å². The molecule has 2 heteroatoms. The minimum atomic E-state index is -0.260. The molecule has 1 rings (SSSR count). The quantitative estimate of drug-likeness (QED) is 0.677. The van der Waals surface area contributed by atoms with Gasteiger partial charge in [0.2, 0.25) is 0 Å². The second-order valence-corrected chi connectivity index (χ2v) is 2.39. The summed E-state index contributed by atoms with van der Waals surface area (Å²) in [5, 5.41) is 0. The lowest BCUT2D eigenvalue weighted by Gasteiger charge is -2.11. The van der Waals surface area contributed by atoms with Crippen LogP contribution in [0.3, 0.4) is 0 Å². The van der Waals surface area contributed by atoms with E-state index in [0.717, 1.165) is 5.56 Å². The molecule has 2 radical (unpaired) electrons. The molecule has 1 atom stereocenters. The highest BCUT2D eigenvalue weighted by Gasteiger charge is 2.08. The highest BCUT2D eigenvalue weighted by molar-refractivity contribution is 5.39. The zero-order chi connectivity index (χ0) is 8.81. The Labute approximate surface area is 72.2 Å². The molecule has 0 spiro atoms. The second-order valence-electron chi connectivity index (χ2n) is 2.39. The molecule has 0 saturated carbocycles. The van der Waals surface area contributed by atoms with Crippen molar-refractivity contribution in [3.05, 3.63) is 42.8 Å². The molecule has 0 aliphatic carbocycles. The maximum atomic E-state index is 9.97. The normalized spacial score (nSPS) is 12.1. The first-order chi connectivity index (χ1) is 5.88. The molecule has 0 fully saturated rings. The molecule has 0 N–H and O–H groups in total. The summed E-state index contributed by atoms with van der Waals surface area (Å²) in [7, 11) is 0. The smallest absolute Gasteiger partial charge is 0.418 e. The topological polar surface area (TPSA) is 26.3 Å². The van der Waals surface area contributed by atoms with Crippen molar-refractivity contribution in [2.45, 2.75) is 12.5 Å². The lowest BCUT2D eigenvalue weighted by Crippen LogP contribution is -2.00. The first-order valence-corrected chi connectivity index (χ1v) is 3.75. The number of hydrogen-bond donors (Lipinski definition) is 0. The zero-order valence-corrected chi connectivity index (χ0v) is 6.69. The van der Waals surface area contributed by atoms with E-state index >= 15 is 0 Å². The third-order valence-electron chi connectivity index (χ3n) is 1.62. The number of ether oxygens (including phenoxy) is 1. The van der Waals surface area contributed by atoms with Gasteiger partial charge in [-0.2, -0.15) is 0 Å². The van der Waals surface area contributed by atoms with Crippen molar-refractivity contribution < 1.29 is 9.53 Å². The molecule has 0 bridgehead atoms. The van der Waals surface area contributed by atoms with Gasteiger partial charge in [-0.1, -0.05) is 30.3 Å². The van der Waals surface area contributed by atoms with Gasteiger partial charge in [0, 0.05) is 0 Å². The van der Waals surface area contributed by atoms with Crippen LogP contribution in [0.4, 0.5) is 0 Å². The minimum Gasteiger partial charge on any atom is -0.449 e. The van der Waals surface area contributed by atoms with Gasteiger partial charge in [-0.15, -0.1) is 0 Å². The molecule has 0 saturated heterocycles. The Kier molecular flexibility index (Phi) is 3.33. The number of carbonyl (C=O) groups excluding carboxylic acids is 1. The molecular weight excluding hydrogens is 152 g/mol. The van der Waals surface area contributed by atoms with E-state index in [9.17, 15) is 4.79 Å². The fourth-order valence-corrected chi connectivity index (χ4v) is 1.02. The van der Waals surface area contributed by atoms with E-state index in [4.69, 9.17) is 4.74 Å². The Balaban J connectivity index is 2.72. The van der Waals surface area contributed by atoms with Crippen LogP contribution in [0, 0.1) is 6.92 Å². The van der Waals surface area contributed by atoms with E-state index in [-0.39, 0.29) is 6.10 Å². The molecule has 2 nitrogen and oxygen atoms in total. The monoisotopic (exact) mass is 162 g/mol. The predicted molar refractivity (Wildman–Crippen MR) is 45.9 cm³/mol. The average Bonchev–Trinajstić information content (AvgIpc) is 2.15. The van der Waals surface area contributed by atoms with Gasteiger partial charge < -0.3 is 4.74 Å². The predicted octanol–water partition coefficient (Wildman–Crippen LogP) is 2.04. The van der Waals surface area contributed by atoms with E-state index in [2.05, 4.69) is 6.92 Å². The van der Waals surface area contributed by atoms with Gasteiger partial charge in [-0.25, -0.2) is 4.79 Å². The lowest BCUT2D eigenvalue weighted by atomic mass is 10.1.